The molecule has 0 aliphatic heterocycles. The molecule has 2 rings (SSSR count). The molecule has 0 aromatic carbocycles. The summed E-state index contributed by atoms with van der Waals surface area (Å²) in [5.74, 6) is 0.890. The summed E-state index contributed by atoms with van der Waals surface area (Å²) < 4.78 is 0. The Morgan fingerprint density at radius 2 is 2.25 bits per heavy atom. The predicted octanol–water partition coefficient (Wildman–Crippen LogP) is 1.88. The summed E-state index contributed by atoms with van der Waals surface area (Å²) in [5.41, 5.74) is 6.09. The quantitative estimate of drug-likeness (QED) is 0.622. The molecular weight excluding hydrogens is 220 g/mol. The maximum absolute atomic E-state index is 6.09. The average molecular weight is 238 g/mol. The van der Waals surface area contributed by atoms with Crippen LogP contribution in [-0.2, 0) is 0 Å². The summed E-state index contributed by atoms with van der Waals surface area (Å²) in [6.07, 6.45) is 8.52. The van der Waals surface area contributed by atoms with Gasteiger partial charge in [0.25, 0.3) is 0 Å². The Bertz CT molecular complexity index is 345. The van der Waals surface area contributed by atoms with Crippen LogP contribution in [0.1, 0.15) is 25.7 Å². The van der Waals surface area contributed by atoms with Crippen molar-refractivity contribution >= 4 is 17.6 Å². The van der Waals surface area contributed by atoms with Gasteiger partial charge in [0.05, 0.1) is 0 Å². The smallest absolute Gasteiger partial charge is 0.189 e. The number of anilines is 1. The number of nitrogens with one attached hydrogen (secondary N) is 1. The van der Waals surface area contributed by atoms with Gasteiger partial charge in [0.15, 0.2) is 5.16 Å². The van der Waals surface area contributed by atoms with Gasteiger partial charge in [0, 0.05) is 18.3 Å². The van der Waals surface area contributed by atoms with Gasteiger partial charge >= 0.3 is 0 Å². The van der Waals surface area contributed by atoms with E-state index in [0.717, 1.165) is 23.8 Å². The van der Waals surface area contributed by atoms with E-state index in [-0.39, 0.29) is 6.04 Å². The Morgan fingerprint density at radius 3 is 3.00 bits per heavy atom. The van der Waals surface area contributed by atoms with Gasteiger partial charge in [-0.1, -0.05) is 24.6 Å². The first kappa shape index (κ1) is 11.7. The fourth-order valence-corrected chi connectivity index (χ4v) is 2.40. The van der Waals surface area contributed by atoms with E-state index >= 15 is 0 Å². The fraction of sp³-hybridized carbons (Fsp3) is 0.636. The lowest BCUT2D eigenvalue weighted by Crippen LogP contribution is -2.42. The first-order chi connectivity index (χ1) is 7.79. The lowest BCUT2D eigenvalue weighted by molar-refractivity contribution is 0.403. The third kappa shape index (κ3) is 2.86. The molecule has 2 unspecified atom stereocenters. The standard InChI is InChI=1S/C11H18N4S/c1-16-11-13-7-6-10(15-11)14-9-5-3-2-4-8(9)12/h6-9H,2-5,12H2,1H3,(H,13,14,15). The van der Waals surface area contributed by atoms with E-state index in [1.54, 1.807) is 18.0 Å². The van der Waals surface area contributed by atoms with Crippen molar-refractivity contribution in [2.75, 3.05) is 11.6 Å². The highest BCUT2D eigenvalue weighted by Gasteiger charge is 2.21. The molecule has 1 aromatic heterocycles. The topological polar surface area (TPSA) is 63.8 Å². The second-order valence-corrected chi connectivity index (χ2v) is 4.90. The van der Waals surface area contributed by atoms with Crippen molar-refractivity contribution < 1.29 is 0 Å². The van der Waals surface area contributed by atoms with Gasteiger partial charge < -0.3 is 11.1 Å². The highest BCUT2D eigenvalue weighted by Crippen LogP contribution is 2.20. The highest BCUT2D eigenvalue weighted by atomic mass is 32.2. The van der Waals surface area contributed by atoms with Crippen LogP contribution in [0.2, 0.25) is 0 Å². The maximum Gasteiger partial charge on any atom is 0.189 e. The van der Waals surface area contributed by atoms with E-state index in [9.17, 15) is 0 Å². The van der Waals surface area contributed by atoms with E-state index in [1.165, 1.54) is 12.8 Å². The molecule has 88 valence electrons. The molecule has 3 N–H and O–H groups in total. The lowest BCUT2D eigenvalue weighted by atomic mass is 9.91. The van der Waals surface area contributed by atoms with Crippen LogP contribution in [0.15, 0.2) is 17.4 Å². The molecule has 0 radical (unpaired) electrons. The molecule has 1 aliphatic rings. The molecule has 1 fully saturated rings. The average Bonchev–Trinajstić information content (AvgIpc) is 2.32. The summed E-state index contributed by atoms with van der Waals surface area (Å²) in [7, 11) is 0. The zero-order valence-corrected chi connectivity index (χ0v) is 10.3. The molecule has 5 heteroatoms. The minimum Gasteiger partial charge on any atom is -0.366 e. The molecule has 2 atom stereocenters. The first-order valence-corrected chi connectivity index (χ1v) is 6.91. The maximum atomic E-state index is 6.09. The summed E-state index contributed by atoms with van der Waals surface area (Å²) in [6.45, 7) is 0. The van der Waals surface area contributed by atoms with Crippen LogP contribution < -0.4 is 11.1 Å². The summed E-state index contributed by atoms with van der Waals surface area (Å²) in [5, 5.41) is 4.22. The minimum absolute atomic E-state index is 0.251. The van der Waals surface area contributed by atoms with Crippen LogP contribution in [0, 0.1) is 0 Å². The Hall–Kier alpha value is -0.810. The van der Waals surface area contributed by atoms with E-state index < -0.39 is 0 Å². The first-order valence-electron chi connectivity index (χ1n) is 5.69. The van der Waals surface area contributed by atoms with Crippen molar-refractivity contribution in [2.45, 2.75) is 42.9 Å². The monoisotopic (exact) mass is 238 g/mol. The number of nitrogens with zero attached hydrogens (tertiary/aromatic N) is 2. The molecule has 0 bridgehead atoms. The predicted molar refractivity (Wildman–Crippen MR) is 67.7 cm³/mol. The van der Waals surface area contributed by atoms with Gasteiger partial charge in [0.2, 0.25) is 0 Å². The number of thioether (sulfide) groups is 1. The SMILES string of the molecule is CSc1nccc(NC2CCCCC2N)n1. The molecule has 4 nitrogen and oxygen atoms in total. The summed E-state index contributed by atoms with van der Waals surface area (Å²) in [6, 6.07) is 2.51. The Morgan fingerprint density at radius 1 is 1.44 bits per heavy atom. The Kier molecular flexibility index (Phi) is 4.01. The zero-order chi connectivity index (χ0) is 11.4. The van der Waals surface area contributed by atoms with Crippen molar-refractivity contribution in [3.63, 3.8) is 0 Å². The van der Waals surface area contributed by atoms with Gasteiger partial charge in [-0.25, -0.2) is 9.97 Å². The molecular formula is C11H18N4S. The van der Waals surface area contributed by atoms with Gasteiger partial charge in [-0.15, -0.1) is 0 Å². The second-order valence-electron chi connectivity index (χ2n) is 4.13. The Labute approximate surface area is 100 Å². The van der Waals surface area contributed by atoms with Crippen LogP contribution in [0.3, 0.4) is 0 Å². The Balaban J connectivity index is 2.01. The number of aromatic nitrogens is 2. The third-order valence-electron chi connectivity index (χ3n) is 2.97. The van der Waals surface area contributed by atoms with E-state index in [0.29, 0.717) is 6.04 Å². The van der Waals surface area contributed by atoms with Gasteiger partial charge in [0.1, 0.15) is 5.82 Å². The highest BCUT2D eigenvalue weighted by molar-refractivity contribution is 7.98. The molecule has 0 amide bonds. The van der Waals surface area contributed by atoms with Crippen molar-refractivity contribution in [1.29, 1.82) is 0 Å². The van der Waals surface area contributed by atoms with Crippen LogP contribution >= 0.6 is 11.8 Å². The normalized spacial score (nSPS) is 25.4. The van der Waals surface area contributed by atoms with Crippen LogP contribution in [0.4, 0.5) is 5.82 Å². The van der Waals surface area contributed by atoms with E-state index in [1.807, 2.05) is 12.3 Å². The summed E-state index contributed by atoms with van der Waals surface area (Å²) in [4.78, 5) is 8.56. The molecule has 1 aliphatic carbocycles. The molecule has 0 spiro atoms. The number of rotatable bonds is 3. The van der Waals surface area contributed by atoms with Gasteiger partial charge in [-0.2, -0.15) is 0 Å². The summed E-state index contributed by atoms with van der Waals surface area (Å²) >= 11 is 1.55. The van der Waals surface area contributed by atoms with Crippen molar-refractivity contribution in [2.24, 2.45) is 5.73 Å². The number of hydrogen-bond acceptors (Lipinski definition) is 5. The van der Waals surface area contributed by atoms with Crippen molar-refractivity contribution in [1.82, 2.24) is 9.97 Å². The van der Waals surface area contributed by atoms with Gasteiger partial charge in [-0.3, -0.25) is 0 Å². The third-order valence-corrected chi connectivity index (χ3v) is 3.53. The van der Waals surface area contributed by atoms with Crippen LogP contribution in [0.25, 0.3) is 0 Å². The van der Waals surface area contributed by atoms with Crippen molar-refractivity contribution in [3.8, 4) is 0 Å². The molecule has 1 heterocycles. The van der Waals surface area contributed by atoms with E-state index in [2.05, 4.69) is 15.3 Å². The molecule has 16 heavy (non-hydrogen) atoms. The number of nitrogens with two attached hydrogens (primary N) is 1. The lowest BCUT2D eigenvalue weighted by Gasteiger charge is -2.29. The van der Waals surface area contributed by atoms with Crippen LogP contribution in [-0.4, -0.2) is 28.3 Å². The molecule has 0 saturated heterocycles. The van der Waals surface area contributed by atoms with Gasteiger partial charge in [-0.05, 0) is 25.2 Å². The second kappa shape index (κ2) is 5.50. The fourth-order valence-electron chi connectivity index (χ4n) is 2.05. The van der Waals surface area contributed by atoms with Crippen LogP contribution in [0.5, 0.6) is 0 Å². The minimum atomic E-state index is 0.251. The molecule has 1 aromatic rings. The van der Waals surface area contributed by atoms with E-state index in [4.69, 9.17) is 5.73 Å². The molecule has 1 saturated carbocycles. The number of hydrogen-bond donors (Lipinski definition) is 2. The largest absolute Gasteiger partial charge is 0.366 e. The van der Waals surface area contributed by atoms with Crippen molar-refractivity contribution in [3.05, 3.63) is 12.3 Å². The zero-order valence-electron chi connectivity index (χ0n) is 9.52.